The van der Waals surface area contributed by atoms with Gasteiger partial charge in [-0.3, -0.25) is 4.79 Å². The molecule has 2 amide bonds. The fraction of sp³-hybridized carbons (Fsp3) is 0.395. The normalized spacial score (nSPS) is 23.2. The SMILES string of the molecule is COc1ccc(CN(CC2(O)CCC3c4ccc(cc4C(=O)c4ccco4)CC(O)CCC(C)=CCCC32C)C(=O)Nc2ccccc2)c(OC)c1. The maximum Gasteiger partial charge on any atom is 0.322 e. The Labute approximate surface area is 306 Å². The van der Waals surface area contributed by atoms with Crippen LogP contribution in [0.5, 0.6) is 11.5 Å². The number of carbonyl (C=O) groups is 2. The summed E-state index contributed by atoms with van der Waals surface area (Å²) in [6, 6.07) is 23.7. The smallest absolute Gasteiger partial charge is 0.322 e. The molecule has 3 N–H and O–H groups in total. The molecule has 0 aliphatic heterocycles. The Hall–Kier alpha value is -4.86. The van der Waals surface area contributed by atoms with Gasteiger partial charge < -0.3 is 34.3 Å². The monoisotopic (exact) mass is 706 g/mol. The molecule has 9 heteroatoms. The Kier molecular flexibility index (Phi) is 11.2. The molecule has 1 saturated carbocycles. The van der Waals surface area contributed by atoms with Gasteiger partial charge in [0.15, 0.2) is 5.76 Å². The second kappa shape index (κ2) is 15.8. The first-order valence-electron chi connectivity index (χ1n) is 18.1. The highest BCUT2D eigenvalue weighted by Crippen LogP contribution is 2.59. The van der Waals surface area contributed by atoms with E-state index in [1.807, 2.05) is 60.7 Å². The minimum Gasteiger partial charge on any atom is -0.497 e. The summed E-state index contributed by atoms with van der Waals surface area (Å²) < 4.78 is 16.7. The van der Waals surface area contributed by atoms with Crippen molar-refractivity contribution in [3.05, 3.63) is 125 Å². The van der Waals surface area contributed by atoms with Crippen LogP contribution in [0.1, 0.15) is 91.1 Å². The number of hydrogen-bond acceptors (Lipinski definition) is 7. The van der Waals surface area contributed by atoms with Crippen molar-refractivity contribution in [2.75, 3.05) is 26.1 Å². The third kappa shape index (κ3) is 7.81. The number of ketones is 1. The second-order valence-electron chi connectivity index (χ2n) is 14.6. The molecule has 0 spiro atoms. The predicted molar refractivity (Wildman–Crippen MR) is 201 cm³/mol. The third-order valence-electron chi connectivity index (χ3n) is 11.3. The molecule has 4 atom stereocenters. The zero-order valence-electron chi connectivity index (χ0n) is 30.6. The number of methoxy groups -OCH3 is 2. The molecule has 1 aromatic heterocycles. The molecule has 4 unspecified atom stereocenters. The van der Waals surface area contributed by atoms with Crippen LogP contribution in [-0.2, 0) is 13.0 Å². The molecule has 3 aliphatic rings. The van der Waals surface area contributed by atoms with Crippen LogP contribution in [0.2, 0.25) is 0 Å². The first-order valence-corrected chi connectivity index (χ1v) is 18.1. The predicted octanol–water partition coefficient (Wildman–Crippen LogP) is 8.30. The maximum atomic E-state index is 14.2. The lowest BCUT2D eigenvalue weighted by molar-refractivity contribution is -0.0773. The van der Waals surface area contributed by atoms with Gasteiger partial charge >= 0.3 is 6.03 Å². The largest absolute Gasteiger partial charge is 0.497 e. The second-order valence-corrected chi connectivity index (χ2v) is 14.6. The van der Waals surface area contributed by atoms with E-state index in [1.165, 1.54) is 11.8 Å². The van der Waals surface area contributed by atoms with E-state index in [9.17, 15) is 19.8 Å². The number of nitrogens with one attached hydrogen (secondary N) is 1. The fourth-order valence-corrected chi connectivity index (χ4v) is 8.16. The molecular formula is C43H50N2O7. The molecule has 7 rings (SSSR count). The van der Waals surface area contributed by atoms with E-state index in [0.717, 1.165) is 23.1 Å². The van der Waals surface area contributed by atoms with Crippen molar-refractivity contribution in [2.24, 2.45) is 5.41 Å². The van der Waals surface area contributed by atoms with Crippen LogP contribution in [0.15, 0.2) is 101 Å². The van der Waals surface area contributed by atoms with Crippen LogP contribution in [0.3, 0.4) is 0 Å². The zero-order valence-corrected chi connectivity index (χ0v) is 30.6. The van der Waals surface area contributed by atoms with Crippen molar-refractivity contribution in [1.82, 2.24) is 4.90 Å². The number of furan rings is 1. The standard InChI is InChI=1S/C43H50N2O7/c1-29-10-8-21-42(2)37(35-19-15-30(24-33(46)17-14-29)25-36(35)40(47)38-13-9-23-52-38)20-22-43(42,49)28-45(41(48)44-32-11-6-5-7-12-32)27-31-16-18-34(50-3)26-39(31)51-4/h5-7,9-13,15-16,18-19,23,25-26,33,37,46,49H,8,14,17,20-22,24,27-28H2,1-4H3,(H,44,48). The topological polar surface area (TPSA) is 121 Å². The van der Waals surface area contributed by atoms with E-state index < -0.39 is 17.1 Å². The van der Waals surface area contributed by atoms with Gasteiger partial charge in [0.05, 0.1) is 45.3 Å². The summed E-state index contributed by atoms with van der Waals surface area (Å²) >= 11 is 0. The molecular weight excluding hydrogens is 656 g/mol. The number of aliphatic hydroxyl groups excluding tert-OH is 1. The van der Waals surface area contributed by atoms with Gasteiger partial charge in [-0.1, -0.05) is 48.9 Å². The summed E-state index contributed by atoms with van der Waals surface area (Å²) in [5.74, 6) is 1.01. The number of amides is 2. The van der Waals surface area contributed by atoms with Gasteiger partial charge in [-0.15, -0.1) is 0 Å². The third-order valence-corrected chi connectivity index (χ3v) is 11.3. The lowest BCUT2D eigenvalue weighted by atomic mass is 9.64. The number of ether oxygens (including phenoxy) is 2. The number of fused-ring (bicyclic) bond motifs is 8. The van der Waals surface area contributed by atoms with E-state index in [0.29, 0.717) is 61.3 Å². The van der Waals surface area contributed by atoms with Crippen molar-refractivity contribution in [2.45, 2.75) is 83.0 Å². The minimum absolute atomic E-state index is 0.0439. The number of anilines is 1. The first-order chi connectivity index (χ1) is 25.0. The molecule has 9 nitrogen and oxygen atoms in total. The van der Waals surface area contributed by atoms with Crippen molar-refractivity contribution >= 4 is 17.5 Å². The van der Waals surface area contributed by atoms with E-state index in [-0.39, 0.29) is 36.6 Å². The Morgan fingerprint density at radius 3 is 2.52 bits per heavy atom. The summed E-state index contributed by atoms with van der Waals surface area (Å²) in [6.45, 7) is 4.42. The Bertz CT molecular complexity index is 1890. The van der Waals surface area contributed by atoms with Crippen LogP contribution in [0.4, 0.5) is 10.5 Å². The number of carbonyl (C=O) groups excluding carboxylic acids is 2. The number of hydrogen-bond donors (Lipinski definition) is 3. The number of nitrogens with zero attached hydrogens (tertiary/aromatic N) is 1. The fourth-order valence-electron chi connectivity index (χ4n) is 8.16. The average molecular weight is 707 g/mol. The van der Waals surface area contributed by atoms with Gasteiger partial charge in [-0.05, 0) is 111 Å². The lowest BCUT2D eigenvalue weighted by Gasteiger charge is -2.46. The van der Waals surface area contributed by atoms with Gasteiger partial charge in [0.1, 0.15) is 11.5 Å². The Balaban J connectivity index is 1.42. The highest BCUT2D eigenvalue weighted by Gasteiger charge is 2.57. The molecule has 1 fully saturated rings. The van der Waals surface area contributed by atoms with Gasteiger partial charge in [0.25, 0.3) is 0 Å². The maximum absolute atomic E-state index is 14.2. The molecule has 1 heterocycles. The number of allylic oxidation sites excluding steroid dienone is 2. The van der Waals surface area contributed by atoms with Crippen molar-refractivity contribution in [1.29, 1.82) is 0 Å². The number of aliphatic hydroxyl groups is 2. The van der Waals surface area contributed by atoms with Gasteiger partial charge in [0.2, 0.25) is 5.78 Å². The summed E-state index contributed by atoms with van der Waals surface area (Å²) in [7, 11) is 3.18. The van der Waals surface area contributed by atoms with Crippen LogP contribution in [0, 0.1) is 5.41 Å². The quantitative estimate of drug-likeness (QED) is 0.118. The lowest BCUT2D eigenvalue weighted by Crippen LogP contribution is -2.54. The number of urea groups is 1. The van der Waals surface area contributed by atoms with Crippen molar-refractivity contribution in [3.8, 4) is 11.5 Å². The first kappa shape index (κ1) is 36.9. The van der Waals surface area contributed by atoms with E-state index in [1.54, 1.807) is 37.3 Å². The zero-order chi connectivity index (χ0) is 36.9. The average Bonchev–Trinajstić information content (AvgIpc) is 3.77. The molecule has 3 aromatic carbocycles. The van der Waals surface area contributed by atoms with Crippen molar-refractivity contribution < 1.29 is 33.7 Å². The van der Waals surface area contributed by atoms with E-state index in [4.69, 9.17) is 13.9 Å². The summed E-state index contributed by atoms with van der Waals surface area (Å²) in [6.07, 6.45) is 7.28. The molecule has 0 radical (unpaired) electrons. The summed E-state index contributed by atoms with van der Waals surface area (Å²) in [4.78, 5) is 29.9. The van der Waals surface area contributed by atoms with E-state index >= 15 is 0 Å². The van der Waals surface area contributed by atoms with Gasteiger partial charge in [0, 0.05) is 28.3 Å². The Morgan fingerprint density at radius 2 is 1.79 bits per heavy atom. The highest BCUT2D eigenvalue weighted by atomic mass is 16.5. The number of benzene rings is 3. The Morgan fingerprint density at radius 1 is 0.981 bits per heavy atom. The molecule has 52 heavy (non-hydrogen) atoms. The molecule has 274 valence electrons. The highest BCUT2D eigenvalue weighted by molar-refractivity contribution is 6.08. The number of para-hydroxylation sites is 1. The van der Waals surface area contributed by atoms with Crippen LogP contribution in [0.25, 0.3) is 0 Å². The van der Waals surface area contributed by atoms with Gasteiger partial charge in [-0.25, -0.2) is 4.79 Å². The molecule has 2 bridgehead atoms. The van der Waals surface area contributed by atoms with Gasteiger partial charge in [-0.2, -0.15) is 0 Å². The van der Waals surface area contributed by atoms with Crippen LogP contribution in [-0.4, -0.2) is 59.4 Å². The van der Waals surface area contributed by atoms with Crippen LogP contribution >= 0.6 is 0 Å². The summed E-state index contributed by atoms with van der Waals surface area (Å²) in [5, 5.41) is 27.0. The molecule has 3 aliphatic carbocycles. The van der Waals surface area contributed by atoms with E-state index in [2.05, 4.69) is 25.2 Å². The van der Waals surface area contributed by atoms with Crippen molar-refractivity contribution in [3.63, 3.8) is 0 Å². The molecule has 0 saturated heterocycles. The van der Waals surface area contributed by atoms with Crippen LogP contribution < -0.4 is 14.8 Å². The minimum atomic E-state index is -1.33. The summed E-state index contributed by atoms with van der Waals surface area (Å²) in [5.41, 5.74) is 2.76. The molecule has 4 aromatic rings. The number of rotatable bonds is 9.